The third-order valence-electron chi connectivity index (χ3n) is 3.30. The maximum absolute atomic E-state index is 12.1. The van der Waals surface area contributed by atoms with E-state index in [1.807, 2.05) is 0 Å². The lowest BCUT2D eigenvalue weighted by Crippen LogP contribution is -2.25. The summed E-state index contributed by atoms with van der Waals surface area (Å²) < 4.78 is 10.6. The molecule has 0 saturated heterocycles. The average molecular weight is 375 g/mol. The van der Waals surface area contributed by atoms with Crippen molar-refractivity contribution in [1.82, 2.24) is 4.90 Å². The molecular weight excluding hydrogens is 356 g/mol. The number of rotatable bonds is 5. The lowest BCUT2D eigenvalue weighted by Gasteiger charge is -2.14. The van der Waals surface area contributed by atoms with Crippen molar-refractivity contribution in [2.24, 2.45) is 0 Å². The van der Waals surface area contributed by atoms with E-state index in [-0.39, 0.29) is 11.7 Å². The monoisotopic (exact) mass is 374 g/mol. The van der Waals surface area contributed by atoms with Crippen molar-refractivity contribution >= 4 is 35.4 Å². The molecule has 0 aliphatic rings. The molecule has 2 aromatic carbocycles. The highest BCUT2D eigenvalue weighted by Gasteiger charge is 2.14. The van der Waals surface area contributed by atoms with Crippen LogP contribution in [0.25, 0.3) is 6.08 Å². The zero-order valence-electron chi connectivity index (χ0n) is 14.7. The molecule has 0 aromatic heterocycles. The number of para-hydroxylation sites is 1. The van der Waals surface area contributed by atoms with Crippen LogP contribution < -0.4 is 14.8 Å². The molecule has 26 heavy (non-hydrogen) atoms. The third kappa shape index (κ3) is 5.26. The standard InChI is InChI=1S/C19H19ClN2O4/c1-22(2)19(24)26-16-6-4-5-13(18(16)25-3)7-12-17(23)21-15-10-8-14(20)9-11-15/h4-12H,1-3H3,(H,21,23). The number of hydrogen-bond donors (Lipinski definition) is 1. The van der Waals surface area contributed by atoms with Gasteiger partial charge in [0.15, 0.2) is 11.5 Å². The first-order chi connectivity index (χ1) is 12.4. The number of amides is 2. The number of ether oxygens (including phenoxy) is 2. The van der Waals surface area contributed by atoms with Crippen LogP contribution in [0.2, 0.25) is 5.02 Å². The highest BCUT2D eigenvalue weighted by molar-refractivity contribution is 6.30. The van der Waals surface area contributed by atoms with E-state index in [1.54, 1.807) is 62.6 Å². The van der Waals surface area contributed by atoms with E-state index in [0.29, 0.717) is 22.0 Å². The third-order valence-corrected chi connectivity index (χ3v) is 3.55. The first kappa shape index (κ1) is 19.3. The van der Waals surface area contributed by atoms with E-state index in [9.17, 15) is 9.59 Å². The molecule has 0 bridgehead atoms. The van der Waals surface area contributed by atoms with Gasteiger partial charge < -0.3 is 19.7 Å². The lowest BCUT2D eigenvalue weighted by atomic mass is 10.1. The van der Waals surface area contributed by atoms with Gasteiger partial charge in [-0.05, 0) is 36.4 Å². The van der Waals surface area contributed by atoms with Crippen molar-refractivity contribution < 1.29 is 19.1 Å². The minimum absolute atomic E-state index is 0.270. The average Bonchev–Trinajstić information content (AvgIpc) is 2.62. The molecule has 2 aromatic rings. The molecule has 136 valence electrons. The van der Waals surface area contributed by atoms with Gasteiger partial charge >= 0.3 is 6.09 Å². The van der Waals surface area contributed by atoms with Crippen molar-refractivity contribution in [1.29, 1.82) is 0 Å². The molecule has 2 rings (SSSR count). The van der Waals surface area contributed by atoms with Gasteiger partial charge in [0.05, 0.1) is 7.11 Å². The maximum atomic E-state index is 12.1. The van der Waals surface area contributed by atoms with Gasteiger partial charge in [-0.15, -0.1) is 0 Å². The summed E-state index contributed by atoms with van der Waals surface area (Å²) in [6.45, 7) is 0. The van der Waals surface area contributed by atoms with Crippen molar-refractivity contribution in [3.63, 3.8) is 0 Å². The second kappa shape index (κ2) is 8.92. The number of carbonyl (C=O) groups excluding carboxylic acids is 2. The zero-order chi connectivity index (χ0) is 19.1. The fraction of sp³-hybridized carbons (Fsp3) is 0.158. The molecule has 0 heterocycles. The Labute approximate surface area is 157 Å². The fourth-order valence-corrected chi connectivity index (χ4v) is 2.16. The predicted octanol–water partition coefficient (Wildman–Crippen LogP) is 4.06. The Hall–Kier alpha value is -2.99. The van der Waals surface area contributed by atoms with E-state index in [1.165, 1.54) is 18.1 Å². The SMILES string of the molecule is COc1c(C=CC(=O)Nc2ccc(Cl)cc2)cccc1OC(=O)N(C)C. The molecule has 2 amide bonds. The summed E-state index contributed by atoms with van der Waals surface area (Å²) in [5.41, 5.74) is 1.23. The highest BCUT2D eigenvalue weighted by Crippen LogP contribution is 2.32. The van der Waals surface area contributed by atoms with Gasteiger partial charge in [0.2, 0.25) is 5.91 Å². The number of nitrogens with zero attached hydrogens (tertiary/aromatic N) is 1. The van der Waals surface area contributed by atoms with Crippen LogP contribution in [0.5, 0.6) is 11.5 Å². The van der Waals surface area contributed by atoms with Crippen LogP contribution in [0, 0.1) is 0 Å². The number of nitrogens with one attached hydrogen (secondary N) is 1. The quantitative estimate of drug-likeness (QED) is 0.801. The molecule has 0 saturated carbocycles. The summed E-state index contributed by atoms with van der Waals surface area (Å²) in [5, 5.41) is 3.31. The second-order valence-corrected chi connectivity index (χ2v) is 5.91. The summed E-state index contributed by atoms with van der Waals surface area (Å²) in [5.74, 6) is 0.315. The van der Waals surface area contributed by atoms with Gasteiger partial charge in [-0.2, -0.15) is 0 Å². The van der Waals surface area contributed by atoms with Crippen LogP contribution >= 0.6 is 11.6 Å². The van der Waals surface area contributed by atoms with Crippen molar-refractivity contribution in [3.8, 4) is 11.5 Å². The Morgan fingerprint density at radius 1 is 1.12 bits per heavy atom. The summed E-state index contributed by atoms with van der Waals surface area (Å²) in [4.78, 5) is 25.1. The van der Waals surface area contributed by atoms with Crippen LogP contribution in [0.3, 0.4) is 0 Å². The first-order valence-corrected chi connectivity index (χ1v) is 8.09. The highest BCUT2D eigenvalue weighted by atomic mass is 35.5. The van der Waals surface area contributed by atoms with E-state index in [4.69, 9.17) is 21.1 Å². The minimum atomic E-state index is -0.523. The van der Waals surface area contributed by atoms with Crippen LogP contribution in [0.4, 0.5) is 10.5 Å². The number of anilines is 1. The van der Waals surface area contributed by atoms with Crippen LogP contribution in [-0.4, -0.2) is 38.1 Å². The van der Waals surface area contributed by atoms with Gasteiger partial charge in [-0.1, -0.05) is 23.7 Å². The molecule has 7 heteroatoms. The van der Waals surface area contributed by atoms with Crippen LogP contribution in [-0.2, 0) is 4.79 Å². The molecule has 0 radical (unpaired) electrons. The largest absolute Gasteiger partial charge is 0.492 e. The normalized spacial score (nSPS) is 10.5. The smallest absolute Gasteiger partial charge is 0.414 e. The minimum Gasteiger partial charge on any atom is -0.492 e. The predicted molar refractivity (Wildman–Crippen MR) is 102 cm³/mol. The molecule has 6 nitrogen and oxygen atoms in total. The molecule has 0 aliphatic heterocycles. The molecule has 0 fully saturated rings. The Kier molecular flexibility index (Phi) is 6.63. The van der Waals surface area contributed by atoms with Gasteiger partial charge in [0.1, 0.15) is 0 Å². The summed E-state index contributed by atoms with van der Waals surface area (Å²) in [7, 11) is 4.63. The molecule has 0 aliphatic carbocycles. The van der Waals surface area contributed by atoms with E-state index in [2.05, 4.69) is 5.32 Å². The molecule has 0 spiro atoms. The molecule has 0 atom stereocenters. The van der Waals surface area contributed by atoms with Crippen molar-refractivity contribution in [3.05, 3.63) is 59.1 Å². The van der Waals surface area contributed by atoms with Gasteiger partial charge in [0, 0.05) is 36.4 Å². The molecular formula is C19H19ClN2O4. The van der Waals surface area contributed by atoms with E-state index < -0.39 is 6.09 Å². The lowest BCUT2D eigenvalue weighted by molar-refractivity contribution is -0.111. The van der Waals surface area contributed by atoms with E-state index in [0.717, 1.165) is 0 Å². The Morgan fingerprint density at radius 2 is 1.81 bits per heavy atom. The van der Waals surface area contributed by atoms with E-state index >= 15 is 0 Å². The number of hydrogen-bond acceptors (Lipinski definition) is 4. The zero-order valence-corrected chi connectivity index (χ0v) is 15.4. The Balaban J connectivity index is 2.14. The summed E-state index contributed by atoms with van der Waals surface area (Å²) in [6.07, 6.45) is 2.42. The summed E-state index contributed by atoms with van der Waals surface area (Å²) in [6, 6.07) is 11.9. The number of halogens is 1. The van der Waals surface area contributed by atoms with Gasteiger partial charge in [-0.3, -0.25) is 4.79 Å². The van der Waals surface area contributed by atoms with Crippen molar-refractivity contribution in [2.75, 3.05) is 26.5 Å². The number of carbonyl (C=O) groups is 2. The Bertz CT molecular complexity index is 817. The van der Waals surface area contributed by atoms with Crippen LogP contribution in [0.1, 0.15) is 5.56 Å². The number of benzene rings is 2. The van der Waals surface area contributed by atoms with Gasteiger partial charge in [0.25, 0.3) is 0 Å². The molecule has 0 unspecified atom stereocenters. The fourth-order valence-electron chi connectivity index (χ4n) is 2.03. The molecule has 1 N–H and O–H groups in total. The van der Waals surface area contributed by atoms with Crippen LogP contribution in [0.15, 0.2) is 48.5 Å². The maximum Gasteiger partial charge on any atom is 0.414 e. The number of methoxy groups -OCH3 is 1. The van der Waals surface area contributed by atoms with Crippen molar-refractivity contribution in [2.45, 2.75) is 0 Å². The van der Waals surface area contributed by atoms with Gasteiger partial charge in [-0.25, -0.2) is 4.79 Å². The Morgan fingerprint density at radius 3 is 2.42 bits per heavy atom. The topological polar surface area (TPSA) is 67.9 Å². The first-order valence-electron chi connectivity index (χ1n) is 7.71. The second-order valence-electron chi connectivity index (χ2n) is 5.47. The summed E-state index contributed by atoms with van der Waals surface area (Å²) >= 11 is 5.81.